The molecule has 0 aromatic rings. The van der Waals surface area contributed by atoms with Gasteiger partial charge >= 0.3 is 16.4 Å². The van der Waals surface area contributed by atoms with Crippen LogP contribution in [-0.4, -0.2) is 78.9 Å². The van der Waals surface area contributed by atoms with E-state index in [1.54, 1.807) is 0 Å². The molecule has 2 unspecified atom stereocenters. The molecule has 2 bridgehead atoms. The lowest BCUT2D eigenvalue weighted by molar-refractivity contribution is -0.149. The molecule has 0 saturated carbocycles. The molecule has 0 radical (unpaired) electrons. The quantitative estimate of drug-likeness (QED) is 0.396. The summed E-state index contributed by atoms with van der Waals surface area (Å²) in [6.45, 7) is 0.780. The Hall–Kier alpha value is -1.54. The second kappa shape index (κ2) is 6.99. The topological polar surface area (TPSA) is 138 Å². The van der Waals surface area contributed by atoms with Gasteiger partial charge in [0.25, 0.3) is 5.91 Å². The number of carbonyl (C=O) groups is 2. The van der Waals surface area contributed by atoms with Crippen LogP contribution >= 0.6 is 0 Å². The molecule has 11 nitrogen and oxygen atoms in total. The van der Waals surface area contributed by atoms with E-state index in [1.165, 1.54) is 0 Å². The highest BCUT2D eigenvalue weighted by Gasteiger charge is 2.49. The molecule has 4 atom stereocenters. The van der Waals surface area contributed by atoms with Gasteiger partial charge in [-0.15, -0.1) is 4.28 Å². The van der Waals surface area contributed by atoms with Crippen molar-refractivity contribution in [3.63, 3.8) is 0 Å². The third-order valence-electron chi connectivity index (χ3n) is 4.46. The number of nitrogens with zero attached hydrogens (tertiary/aromatic N) is 2. The van der Waals surface area contributed by atoms with Gasteiger partial charge in [0, 0.05) is 13.1 Å². The molecule has 3 rings (SSSR count). The van der Waals surface area contributed by atoms with Gasteiger partial charge in [-0.25, -0.2) is 14.7 Å². The minimum Gasteiger partial charge on any atom is -0.314 e. The maximum Gasteiger partial charge on any atom is 0.418 e. The zero-order valence-corrected chi connectivity index (χ0v) is 13.9. The van der Waals surface area contributed by atoms with E-state index in [2.05, 4.69) is 15.1 Å². The number of alkyl halides is 1. The molecule has 25 heavy (non-hydrogen) atoms. The first kappa shape index (κ1) is 18.3. The summed E-state index contributed by atoms with van der Waals surface area (Å²) in [6, 6.07) is -2.32. The summed E-state index contributed by atoms with van der Waals surface area (Å²) in [7, 11) is -4.84. The van der Waals surface area contributed by atoms with Crippen molar-refractivity contribution in [2.75, 3.05) is 19.6 Å². The number of urea groups is 1. The Bertz CT molecular complexity index is 647. The fraction of sp³-hybridized carbons (Fsp3) is 0.833. The molecule has 3 aliphatic heterocycles. The van der Waals surface area contributed by atoms with E-state index in [-0.39, 0.29) is 19.5 Å². The van der Waals surface area contributed by atoms with E-state index >= 15 is 0 Å². The number of carbonyl (C=O) groups excluding carboxylic acids is 2. The Kier molecular flexibility index (Phi) is 5.11. The van der Waals surface area contributed by atoms with Crippen molar-refractivity contribution in [3.05, 3.63) is 0 Å². The zero-order chi connectivity index (χ0) is 18.2. The second-order valence-corrected chi connectivity index (χ2v) is 7.15. The highest BCUT2D eigenvalue weighted by atomic mass is 32.3. The monoisotopic (exact) mass is 382 g/mol. The predicted molar refractivity (Wildman–Crippen MR) is 78.8 cm³/mol. The molecule has 3 N–H and O–H groups in total. The molecular weight excluding hydrogens is 363 g/mol. The second-order valence-electron chi connectivity index (χ2n) is 6.14. The maximum atomic E-state index is 13.7. The highest BCUT2D eigenvalue weighted by Crippen LogP contribution is 2.30. The Labute approximate surface area is 143 Å². The minimum absolute atomic E-state index is 0.0749. The molecule has 0 aliphatic carbocycles. The van der Waals surface area contributed by atoms with Crippen LogP contribution in [0.15, 0.2) is 0 Å². The number of hydrogen-bond acceptors (Lipinski definition) is 7. The van der Waals surface area contributed by atoms with Crippen molar-refractivity contribution in [3.8, 4) is 0 Å². The first-order valence-electron chi connectivity index (χ1n) is 7.83. The number of amides is 3. The number of fused-ring (bicyclic) bond motifs is 2. The average Bonchev–Trinajstić information content (AvgIpc) is 2.77. The molecule has 0 aromatic heterocycles. The van der Waals surface area contributed by atoms with Gasteiger partial charge in [-0.1, -0.05) is 0 Å². The van der Waals surface area contributed by atoms with Gasteiger partial charge in [0.2, 0.25) is 0 Å². The van der Waals surface area contributed by atoms with Gasteiger partial charge in [-0.3, -0.25) is 14.2 Å². The average molecular weight is 382 g/mol. The molecule has 3 aliphatic rings. The molecule has 3 saturated heterocycles. The van der Waals surface area contributed by atoms with Crippen molar-refractivity contribution in [2.24, 2.45) is 0 Å². The summed E-state index contributed by atoms with van der Waals surface area (Å²) in [4.78, 5) is 30.7. The van der Waals surface area contributed by atoms with Gasteiger partial charge in [0.05, 0.1) is 6.04 Å². The van der Waals surface area contributed by atoms with Crippen LogP contribution < -0.4 is 10.8 Å². The van der Waals surface area contributed by atoms with Gasteiger partial charge in [-0.05, 0) is 25.8 Å². The van der Waals surface area contributed by atoms with Crippen LogP contribution in [0.3, 0.4) is 0 Å². The summed E-state index contributed by atoms with van der Waals surface area (Å²) in [5.41, 5.74) is 2.19. The van der Waals surface area contributed by atoms with Gasteiger partial charge in [0.15, 0.2) is 0 Å². The lowest BCUT2D eigenvalue weighted by Gasteiger charge is -2.31. The van der Waals surface area contributed by atoms with E-state index in [9.17, 15) is 22.4 Å². The fourth-order valence-corrected chi connectivity index (χ4v) is 3.62. The minimum atomic E-state index is -4.84. The number of rotatable bonds is 5. The molecule has 3 amide bonds. The normalized spacial score (nSPS) is 32.8. The third kappa shape index (κ3) is 4.00. The van der Waals surface area contributed by atoms with Crippen LogP contribution in [0, 0.1) is 0 Å². The summed E-state index contributed by atoms with van der Waals surface area (Å²) in [5.74, 6) is -0.619. The van der Waals surface area contributed by atoms with Crippen molar-refractivity contribution in [2.45, 2.75) is 43.6 Å². The van der Waals surface area contributed by atoms with Gasteiger partial charge in [0.1, 0.15) is 18.3 Å². The summed E-state index contributed by atoms with van der Waals surface area (Å²) >= 11 is 0. The number of hydrogen-bond donors (Lipinski definition) is 3. The van der Waals surface area contributed by atoms with Gasteiger partial charge in [-0.2, -0.15) is 13.5 Å². The van der Waals surface area contributed by atoms with Crippen molar-refractivity contribution in [1.82, 2.24) is 20.8 Å². The summed E-state index contributed by atoms with van der Waals surface area (Å²) in [5, 5.41) is 3.41. The predicted octanol–water partition coefficient (Wildman–Crippen LogP) is -1.26. The standard InChI is InChI=1S/C12H19FN4O7S/c13-8-5-14-4-3-10(8)23-15-11(18)9-2-1-7-6-16(9)12(19)17(7)24-25(20,21)22/h7-10,14H,1-6H2,(H,15,18)(H,20,21,22)/t7-,8?,9+,10?/m1/s1. The maximum absolute atomic E-state index is 13.7. The SMILES string of the molecule is O=C(NOC1CCNCC1F)[C@@H]1CC[C@@H]2CN1C(=O)N2OS(=O)(=O)O. The van der Waals surface area contributed by atoms with E-state index in [0.717, 1.165) is 4.90 Å². The van der Waals surface area contributed by atoms with Crippen molar-refractivity contribution >= 4 is 22.3 Å². The molecule has 3 fully saturated rings. The number of piperidine rings is 2. The largest absolute Gasteiger partial charge is 0.418 e. The lowest BCUT2D eigenvalue weighted by atomic mass is 10.0. The Balaban J connectivity index is 1.58. The third-order valence-corrected chi connectivity index (χ3v) is 4.81. The smallest absolute Gasteiger partial charge is 0.314 e. The van der Waals surface area contributed by atoms with E-state index < -0.39 is 46.7 Å². The van der Waals surface area contributed by atoms with Crippen molar-refractivity contribution in [1.29, 1.82) is 0 Å². The Morgan fingerprint density at radius 1 is 1.36 bits per heavy atom. The van der Waals surface area contributed by atoms with Crippen LogP contribution in [-0.2, 0) is 24.3 Å². The first-order chi connectivity index (χ1) is 11.8. The van der Waals surface area contributed by atoms with Crippen LogP contribution in [0.25, 0.3) is 0 Å². The molecular formula is C12H19FN4O7S. The van der Waals surface area contributed by atoms with Crippen molar-refractivity contribution < 1.29 is 36.1 Å². The van der Waals surface area contributed by atoms with Crippen LogP contribution in [0.4, 0.5) is 9.18 Å². The van der Waals surface area contributed by atoms with Crippen LogP contribution in [0.2, 0.25) is 0 Å². The van der Waals surface area contributed by atoms with E-state index in [4.69, 9.17) is 9.39 Å². The fourth-order valence-electron chi connectivity index (χ4n) is 3.24. The summed E-state index contributed by atoms with van der Waals surface area (Å²) < 4.78 is 48.3. The number of halogens is 1. The van der Waals surface area contributed by atoms with E-state index in [0.29, 0.717) is 24.4 Å². The first-order valence-corrected chi connectivity index (χ1v) is 9.20. The van der Waals surface area contributed by atoms with Crippen LogP contribution in [0.1, 0.15) is 19.3 Å². The van der Waals surface area contributed by atoms with Crippen LogP contribution in [0.5, 0.6) is 0 Å². The Morgan fingerprint density at radius 3 is 2.80 bits per heavy atom. The lowest BCUT2D eigenvalue weighted by Crippen LogP contribution is -2.52. The van der Waals surface area contributed by atoms with E-state index in [1.807, 2.05) is 0 Å². The summed E-state index contributed by atoms with van der Waals surface area (Å²) in [6.07, 6.45) is -1.07. The number of nitrogens with one attached hydrogen (secondary N) is 2. The Morgan fingerprint density at radius 2 is 2.12 bits per heavy atom. The molecule has 13 heteroatoms. The molecule has 0 spiro atoms. The van der Waals surface area contributed by atoms with Gasteiger partial charge < -0.3 is 10.2 Å². The zero-order valence-electron chi connectivity index (χ0n) is 13.1. The number of hydroxylamine groups is 3. The molecule has 0 aromatic carbocycles. The molecule has 3 heterocycles. The molecule has 142 valence electrons. The highest BCUT2D eigenvalue weighted by molar-refractivity contribution is 7.80.